The van der Waals surface area contributed by atoms with Crippen molar-refractivity contribution >= 4 is 17.9 Å². The Labute approximate surface area is 187 Å². The Morgan fingerprint density at radius 2 is 1.91 bits per heavy atom. The maximum absolute atomic E-state index is 13.6. The second kappa shape index (κ2) is 6.37. The number of carbonyl (C=O) groups excluding carboxylic acids is 3. The van der Waals surface area contributed by atoms with Crippen LogP contribution in [0.2, 0.25) is 0 Å². The van der Waals surface area contributed by atoms with Gasteiger partial charge in [-0.3, -0.25) is 9.59 Å². The molecule has 4 aliphatic carbocycles. The van der Waals surface area contributed by atoms with Crippen LogP contribution in [0.1, 0.15) is 71.6 Å². The van der Waals surface area contributed by atoms with E-state index < -0.39 is 16.6 Å². The van der Waals surface area contributed by atoms with Gasteiger partial charge in [0, 0.05) is 31.3 Å². The van der Waals surface area contributed by atoms with Gasteiger partial charge in [-0.2, -0.15) is 0 Å². The fraction of sp³-hybridized carbons (Fsp3) is 0.800. The van der Waals surface area contributed by atoms with Gasteiger partial charge in [0.1, 0.15) is 23.7 Å². The molecule has 32 heavy (non-hydrogen) atoms. The van der Waals surface area contributed by atoms with Crippen molar-refractivity contribution in [1.29, 1.82) is 0 Å². The molecular weight excluding hydrogens is 412 g/mol. The molecule has 174 valence electrons. The Morgan fingerprint density at radius 3 is 2.62 bits per heavy atom. The smallest absolute Gasteiger partial charge is 0.331 e. The lowest BCUT2D eigenvalue weighted by molar-refractivity contribution is -0.218. The zero-order chi connectivity index (χ0) is 22.5. The number of esters is 3. The van der Waals surface area contributed by atoms with Crippen molar-refractivity contribution in [3.05, 3.63) is 11.6 Å². The summed E-state index contributed by atoms with van der Waals surface area (Å²) in [5, 5.41) is 11.9. The van der Waals surface area contributed by atoms with Crippen molar-refractivity contribution in [1.82, 2.24) is 0 Å². The maximum Gasteiger partial charge on any atom is 0.331 e. The van der Waals surface area contributed by atoms with Gasteiger partial charge in [0.25, 0.3) is 0 Å². The van der Waals surface area contributed by atoms with Gasteiger partial charge in [0.2, 0.25) is 0 Å². The fourth-order valence-corrected chi connectivity index (χ4v) is 9.27. The molecule has 0 radical (unpaired) electrons. The second-order valence-electron chi connectivity index (χ2n) is 11.4. The topological polar surface area (TPSA) is 99.1 Å². The van der Waals surface area contributed by atoms with Crippen molar-refractivity contribution < 1.29 is 33.7 Å². The Kier molecular flexibility index (Phi) is 4.12. The third-order valence-electron chi connectivity index (χ3n) is 10.4. The van der Waals surface area contributed by atoms with E-state index in [-0.39, 0.29) is 47.2 Å². The number of hydrogen-bond donors (Lipinski definition) is 1. The summed E-state index contributed by atoms with van der Waals surface area (Å²) in [5.74, 6) is -0.360. The lowest BCUT2D eigenvalue weighted by Crippen LogP contribution is -2.67. The summed E-state index contributed by atoms with van der Waals surface area (Å²) in [6.07, 6.45) is 7.58. The molecule has 2 aliphatic heterocycles. The summed E-state index contributed by atoms with van der Waals surface area (Å²) in [6.45, 7) is 4.07. The standard InChI is InChI=1S/C25H32O7/c1-14(26)31-16-5-8-24-19-6-7-22(2)17(15-11-20(27)30-13-15)3-4-18(22)25(19,32-21(24)28)10-9-23(24,29)12-16/h11,16-19,29H,3-10,12-13H2,1-2H3/t16-,17-,18-,19-,22-,23+,24-,25-/m0/s1. The van der Waals surface area contributed by atoms with Gasteiger partial charge in [0.15, 0.2) is 0 Å². The van der Waals surface area contributed by atoms with E-state index >= 15 is 0 Å². The number of fused-ring (bicyclic) bond motifs is 1. The largest absolute Gasteiger partial charge is 0.462 e. The maximum atomic E-state index is 13.6. The van der Waals surface area contributed by atoms with Gasteiger partial charge in [-0.05, 0) is 68.3 Å². The third kappa shape index (κ3) is 2.33. The molecule has 0 aromatic rings. The minimum absolute atomic E-state index is 0.00760. The van der Waals surface area contributed by atoms with Crippen LogP contribution in [0.3, 0.4) is 0 Å². The van der Waals surface area contributed by atoms with Crippen LogP contribution in [0, 0.1) is 28.6 Å². The van der Waals surface area contributed by atoms with E-state index in [1.54, 1.807) is 6.08 Å². The van der Waals surface area contributed by atoms with E-state index in [4.69, 9.17) is 14.2 Å². The summed E-state index contributed by atoms with van der Waals surface area (Å²) < 4.78 is 17.1. The van der Waals surface area contributed by atoms with E-state index in [0.717, 1.165) is 31.3 Å². The minimum atomic E-state index is -1.19. The molecule has 1 saturated heterocycles. The Bertz CT molecular complexity index is 941. The highest BCUT2D eigenvalue weighted by atomic mass is 16.6. The summed E-state index contributed by atoms with van der Waals surface area (Å²) in [7, 11) is 0. The number of hydrogen-bond acceptors (Lipinski definition) is 7. The first kappa shape index (κ1) is 20.7. The third-order valence-corrected chi connectivity index (χ3v) is 10.4. The predicted molar refractivity (Wildman–Crippen MR) is 111 cm³/mol. The normalized spacial score (nSPS) is 51.2. The average Bonchev–Trinajstić information content (AvgIpc) is 3.34. The van der Waals surface area contributed by atoms with Crippen LogP contribution < -0.4 is 0 Å². The van der Waals surface area contributed by atoms with Crippen molar-refractivity contribution in [3.63, 3.8) is 0 Å². The molecule has 8 atom stereocenters. The molecule has 0 amide bonds. The molecule has 1 spiro atoms. The lowest BCUT2D eigenvalue weighted by atomic mass is 9.42. The number of ether oxygens (including phenoxy) is 3. The van der Waals surface area contributed by atoms with Gasteiger partial charge >= 0.3 is 17.9 Å². The first-order valence-corrected chi connectivity index (χ1v) is 12.1. The quantitative estimate of drug-likeness (QED) is 0.516. The summed E-state index contributed by atoms with van der Waals surface area (Å²) >= 11 is 0. The van der Waals surface area contributed by atoms with Gasteiger partial charge in [-0.15, -0.1) is 0 Å². The molecule has 2 bridgehead atoms. The molecular formula is C25H32O7. The number of aliphatic hydroxyl groups is 1. The van der Waals surface area contributed by atoms with Crippen molar-refractivity contribution in [2.75, 3.05) is 6.61 Å². The SMILES string of the molecule is CC(=O)O[C@H]1CC[C@]23C(=O)O[C@]4(CC[C@@]2(O)C1)[C@H]3CC[C@@]1(C)[C@H](C2=CC(=O)OC2)CC[C@@H]14. The molecule has 6 rings (SSSR count). The van der Waals surface area contributed by atoms with Gasteiger partial charge in [0.05, 0.1) is 5.60 Å². The molecule has 5 fully saturated rings. The highest BCUT2D eigenvalue weighted by Crippen LogP contribution is 2.75. The van der Waals surface area contributed by atoms with Crippen LogP contribution in [-0.4, -0.2) is 46.9 Å². The highest BCUT2D eigenvalue weighted by molar-refractivity contribution is 5.85. The van der Waals surface area contributed by atoms with Crippen LogP contribution in [0.25, 0.3) is 0 Å². The van der Waals surface area contributed by atoms with E-state index in [2.05, 4.69) is 6.92 Å². The molecule has 0 aromatic carbocycles. The molecule has 4 saturated carbocycles. The van der Waals surface area contributed by atoms with Crippen LogP contribution >= 0.6 is 0 Å². The van der Waals surface area contributed by atoms with E-state index in [1.165, 1.54) is 6.92 Å². The van der Waals surface area contributed by atoms with Crippen LogP contribution in [-0.2, 0) is 28.6 Å². The first-order valence-electron chi connectivity index (χ1n) is 12.1. The zero-order valence-electron chi connectivity index (χ0n) is 18.9. The summed E-state index contributed by atoms with van der Waals surface area (Å²) in [6, 6.07) is 0. The summed E-state index contributed by atoms with van der Waals surface area (Å²) in [4.78, 5) is 36.9. The molecule has 0 aromatic heterocycles. The molecule has 7 nitrogen and oxygen atoms in total. The number of carbonyl (C=O) groups is 3. The zero-order valence-corrected chi connectivity index (χ0v) is 18.9. The van der Waals surface area contributed by atoms with Crippen LogP contribution in [0.4, 0.5) is 0 Å². The lowest BCUT2D eigenvalue weighted by Gasteiger charge is -2.61. The molecule has 0 unspecified atom stereocenters. The van der Waals surface area contributed by atoms with Crippen molar-refractivity contribution in [2.24, 2.45) is 28.6 Å². The highest BCUT2D eigenvalue weighted by Gasteiger charge is 2.80. The molecule has 2 heterocycles. The van der Waals surface area contributed by atoms with Gasteiger partial charge in [-0.1, -0.05) is 6.92 Å². The van der Waals surface area contributed by atoms with Crippen molar-refractivity contribution in [3.8, 4) is 0 Å². The van der Waals surface area contributed by atoms with Crippen LogP contribution in [0.5, 0.6) is 0 Å². The van der Waals surface area contributed by atoms with Gasteiger partial charge in [-0.25, -0.2) is 4.79 Å². The van der Waals surface area contributed by atoms with E-state index in [0.29, 0.717) is 38.7 Å². The number of rotatable bonds is 2. The van der Waals surface area contributed by atoms with Crippen molar-refractivity contribution in [2.45, 2.75) is 88.9 Å². The van der Waals surface area contributed by atoms with Gasteiger partial charge < -0.3 is 19.3 Å². The molecule has 7 heteroatoms. The predicted octanol–water partition coefficient (Wildman–Crippen LogP) is 2.83. The minimum Gasteiger partial charge on any atom is -0.462 e. The Hall–Kier alpha value is -1.89. The second-order valence-corrected chi connectivity index (χ2v) is 11.4. The monoisotopic (exact) mass is 444 g/mol. The van der Waals surface area contributed by atoms with E-state index in [9.17, 15) is 19.5 Å². The molecule has 6 aliphatic rings. The molecule has 1 N–H and O–H groups in total. The summed E-state index contributed by atoms with van der Waals surface area (Å²) in [5.41, 5.74) is -1.58. The Morgan fingerprint density at radius 1 is 1.09 bits per heavy atom. The van der Waals surface area contributed by atoms with E-state index in [1.807, 2.05) is 0 Å². The van der Waals surface area contributed by atoms with Crippen LogP contribution in [0.15, 0.2) is 11.6 Å². The average molecular weight is 445 g/mol. The number of cyclic esters (lactones) is 1. The first-order chi connectivity index (χ1) is 15.1. The fourth-order valence-electron chi connectivity index (χ4n) is 9.27. The Balaban J connectivity index is 1.35.